The first-order valence-electron chi connectivity index (χ1n) is 4.98. The average molecular weight is 207 g/mol. The Hall–Kier alpha value is -1.35. The predicted molar refractivity (Wildman–Crippen MR) is 59.7 cm³/mol. The van der Waals surface area contributed by atoms with Crippen molar-refractivity contribution in [3.63, 3.8) is 0 Å². The SMILES string of the molecule is CC(C)c1ccc(C(C)(N)C(=O)O)cc1. The van der Waals surface area contributed by atoms with E-state index < -0.39 is 11.5 Å². The minimum Gasteiger partial charge on any atom is -0.480 e. The first-order valence-corrected chi connectivity index (χ1v) is 4.98. The van der Waals surface area contributed by atoms with Gasteiger partial charge in [-0.2, -0.15) is 0 Å². The summed E-state index contributed by atoms with van der Waals surface area (Å²) in [5.74, 6) is -0.576. The third-order valence-electron chi connectivity index (χ3n) is 2.62. The molecule has 3 N–H and O–H groups in total. The van der Waals surface area contributed by atoms with Crippen LogP contribution in [0.5, 0.6) is 0 Å². The lowest BCUT2D eigenvalue weighted by atomic mass is 9.91. The fourth-order valence-corrected chi connectivity index (χ4v) is 1.34. The highest BCUT2D eigenvalue weighted by Gasteiger charge is 2.29. The van der Waals surface area contributed by atoms with Crippen LogP contribution in [0.4, 0.5) is 0 Å². The third kappa shape index (κ3) is 2.36. The largest absolute Gasteiger partial charge is 0.480 e. The number of carboxylic acids is 1. The zero-order valence-electron chi connectivity index (χ0n) is 9.32. The van der Waals surface area contributed by atoms with E-state index in [2.05, 4.69) is 13.8 Å². The monoisotopic (exact) mass is 207 g/mol. The molecule has 0 aliphatic rings. The van der Waals surface area contributed by atoms with Gasteiger partial charge in [-0.1, -0.05) is 38.1 Å². The number of rotatable bonds is 3. The van der Waals surface area contributed by atoms with Crippen molar-refractivity contribution >= 4 is 5.97 Å². The Labute approximate surface area is 89.9 Å². The molecular formula is C12H17NO2. The summed E-state index contributed by atoms with van der Waals surface area (Å²) < 4.78 is 0. The summed E-state index contributed by atoms with van der Waals surface area (Å²) in [5, 5.41) is 8.95. The number of carboxylic acid groups (broad SMARTS) is 1. The number of hydrogen-bond acceptors (Lipinski definition) is 2. The Morgan fingerprint density at radius 2 is 1.80 bits per heavy atom. The van der Waals surface area contributed by atoms with E-state index in [-0.39, 0.29) is 0 Å². The molecule has 15 heavy (non-hydrogen) atoms. The molecule has 1 unspecified atom stereocenters. The van der Waals surface area contributed by atoms with Crippen LogP contribution in [-0.4, -0.2) is 11.1 Å². The molecule has 82 valence electrons. The fourth-order valence-electron chi connectivity index (χ4n) is 1.34. The fraction of sp³-hybridized carbons (Fsp3) is 0.417. The molecule has 0 saturated heterocycles. The van der Waals surface area contributed by atoms with Gasteiger partial charge in [0, 0.05) is 0 Å². The molecule has 0 saturated carbocycles. The Bertz CT molecular complexity index is 352. The van der Waals surface area contributed by atoms with Gasteiger partial charge in [0.1, 0.15) is 5.54 Å². The molecule has 0 fully saturated rings. The van der Waals surface area contributed by atoms with Crippen molar-refractivity contribution in [1.82, 2.24) is 0 Å². The zero-order chi connectivity index (χ0) is 11.6. The molecule has 1 rings (SSSR count). The molecule has 0 amide bonds. The molecule has 0 heterocycles. The standard InChI is InChI=1S/C12H17NO2/c1-8(2)9-4-6-10(7-5-9)12(3,13)11(14)15/h4-8H,13H2,1-3H3,(H,14,15). The van der Waals surface area contributed by atoms with Crippen LogP contribution in [0.25, 0.3) is 0 Å². The van der Waals surface area contributed by atoms with E-state index in [9.17, 15) is 4.79 Å². The maximum atomic E-state index is 10.9. The van der Waals surface area contributed by atoms with Crippen molar-refractivity contribution in [2.75, 3.05) is 0 Å². The van der Waals surface area contributed by atoms with Gasteiger partial charge in [-0.15, -0.1) is 0 Å². The highest BCUT2D eigenvalue weighted by Crippen LogP contribution is 2.21. The van der Waals surface area contributed by atoms with E-state index in [4.69, 9.17) is 10.8 Å². The molecule has 0 aromatic heterocycles. The summed E-state index contributed by atoms with van der Waals surface area (Å²) in [5.41, 5.74) is 6.20. The molecule has 3 heteroatoms. The number of hydrogen-bond donors (Lipinski definition) is 2. The second kappa shape index (κ2) is 4.03. The van der Waals surface area contributed by atoms with Gasteiger partial charge >= 0.3 is 5.97 Å². The molecule has 0 aliphatic heterocycles. The smallest absolute Gasteiger partial charge is 0.328 e. The van der Waals surface area contributed by atoms with E-state index >= 15 is 0 Å². The highest BCUT2D eigenvalue weighted by atomic mass is 16.4. The van der Waals surface area contributed by atoms with Gasteiger partial charge in [-0.05, 0) is 24.0 Å². The maximum absolute atomic E-state index is 10.9. The molecule has 3 nitrogen and oxygen atoms in total. The van der Waals surface area contributed by atoms with Crippen LogP contribution in [0.2, 0.25) is 0 Å². The molecule has 0 radical (unpaired) electrons. The Morgan fingerprint density at radius 1 is 1.33 bits per heavy atom. The number of aliphatic carboxylic acids is 1. The van der Waals surface area contributed by atoms with Gasteiger partial charge in [-0.3, -0.25) is 0 Å². The Balaban J connectivity index is 3.04. The quantitative estimate of drug-likeness (QED) is 0.797. The average Bonchev–Trinajstić information content (AvgIpc) is 2.17. The van der Waals surface area contributed by atoms with Crippen molar-refractivity contribution in [1.29, 1.82) is 0 Å². The number of benzene rings is 1. The minimum absolute atomic E-state index is 0.438. The summed E-state index contributed by atoms with van der Waals surface area (Å²) in [6.45, 7) is 5.68. The normalized spacial score (nSPS) is 15.0. The first kappa shape index (κ1) is 11.7. The van der Waals surface area contributed by atoms with Gasteiger partial charge in [0.05, 0.1) is 0 Å². The van der Waals surface area contributed by atoms with Crippen molar-refractivity contribution in [3.8, 4) is 0 Å². The number of nitrogens with two attached hydrogens (primary N) is 1. The molecular weight excluding hydrogens is 190 g/mol. The molecule has 1 aromatic rings. The summed E-state index contributed by atoms with van der Waals surface area (Å²) in [7, 11) is 0. The van der Waals surface area contributed by atoms with E-state index in [0.717, 1.165) is 0 Å². The van der Waals surface area contributed by atoms with Crippen LogP contribution in [0.15, 0.2) is 24.3 Å². The molecule has 0 aliphatic carbocycles. The molecule has 0 spiro atoms. The van der Waals surface area contributed by atoms with Gasteiger partial charge < -0.3 is 10.8 Å². The van der Waals surface area contributed by atoms with E-state index in [1.54, 1.807) is 12.1 Å². The van der Waals surface area contributed by atoms with Crippen LogP contribution in [0, 0.1) is 0 Å². The van der Waals surface area contributed by atoms with Crippen LogP contribution >= 0.6 is 0 Å². The molecule has 1 aromatic carbocycles. The zero-order valence-corrected chi connectivity index (χ0v) is 9.32. The van der Waals surface area contributed by atoms with Crippen molar-refractivity contribution in [2.24, 2.45) is 5.73 Å². The summed E-state index contributed by atoms with van der Waals surface area (Å²) in [6.07, 6.45) is 0. The molecule has 0 bridgehead atoms. The van der Waals surface area contributed by atoms with Crippen molar-refractivity contribution in [3.05, 3.63) is 35.4 Å². The predicted octanol–water partition coefficient (Wildman–Crippen LogP) is 2.07. The summed E-state index contributed by atoms with van der Waals surface area (Å²) in [6, 6.07) is 7.41. The van der Waals surface area contributed by atoms with Crippen LogP contribution in [0.3, 0.4) is 0 Å². The van der Waals surface area contributed by atoms with E-state index in [0.29, 0.717) is 11.5 Å². The third-order valence-corrected chi connectivity index (χ3v) is 2.62. The lowest BCUT2D eigenvalue weighted by Gasteiger charge is -2.20. The Kier molecular flexibility index (Phi) is 3.15. The lowest BCUT2D eigenvalue weighted by Crippen LogP contribution is -2.41. The van der Waals surface area contributed by atoms with Gasteiger partial charge in [-0.25, -0.2) is 4.79 Å². The van der Waals surface area contributed by atoms with Crippen molar-refractivity contribution < 1.29 is 9.90 Å². The second-order valence-electron chi connectivity index (χ2n) is 4.28. The summed E-state index contributed by atoms with van der Waals surface area (Å²) >= 11 is 0. The first-order chi connectivity index (χ1) is 6.85. The van der Waals surface area contributed by atoms with Crippen LogP contribution in [0.1, 0.15) is 37.8 Å². The van der Waals surface area contributed by atoms with Gasteiger partial charge in [0.2, 0.25) is 0 Å². The van der Waals surface area contributed by atoms with Crippen LogP contribution in [-0.2, 0) is 10.3 Å². The van der Waals surface area contributed by atoms with Gasteiger partial charge in [0.25, 0.3) is 0 Å². The number of carbonyl (C=O) groups is 1. The Morgan fingerprint density at radius 3 is 2.13 bits per heavy atom. The van der Waals surface area contributed by atoms with E-state index in [1.807, 2.05) is 12.1 Å². The minimum atomic E-state index is -1.31. The van der Waals surface area contributed by atoms with Gasteiger partial charge in [0.15, 0.2) is 0 Å². The lowest BCUT2D eigenvalue weighted by molar-refractivity contribution is -0.143. The van der Waals surface area contributed by atoms with Crippen LogP contribution < -0.4 is 5.73 Å². The second-order valence-corrected chi connectivity index (χ2v) is 4.28. The molecule has 1 atom stereocenters. The van der Waals surface area contributed by atoms with Crippen molar-refractivity contribution in [2.45, 2.75) is 32.2 Å². The summed E-state index contributed by atoms with van der Waals surface area (Å²) in [4.78, 5) is 10.9. The highest BCUT2D eigenvalue weighted by molar-refractivity contribution is 5.79. The maximum Gasteiger partial charge on any atom is 0.328 e. The topological polar surface area (TPSA) is 63.3 Å². The van der Waals surface area contributed by atoms with E-state index in [1.165, 1.54) is 12.5 Å².